The minimum absolute atomic E-state index is 0.0134. The van der Waals surface area contributed by atoms with Crippen molar-refractivity contribution in [2.45, 2.75) is 18.1 Å². The second-order valence-electron chi connectivity index (χ2n) is 5.51. The average molecular weight is 314 g/mol. The Morgan fingerprint density at radius 1 is 1.24 bits per heavy atom. The Kier molecular flexibility index (Phi) is 3.38. The third-order valence-electron chi connectivity index (χ3n) is 4.51. The van der Waals surface area contributed by atoms with Crippen LogP contribution in [0, 0.1) is 5.41 Å². The largest absolute Gasteiger partial charge is 0.454 e. The Hall–Kier alpha value is -1.31. The lowest BCUT2D eigenvalue weighted by atomic mass is 10.0. The molecule has 7 heteroatoms. The van der Waals surface area contributed by atoms with Gasteiger partial charge in [-0.1, -0.05) is 13.0 Å². The van der Waals surface area contributed by atoms with E-state index >= 15 is 0 Å². The molecule has 0 amide bonds. The number of hydrogen-bond donors (Lipinski definition) is 2. The van der Waals surface area contributed by atoms with Crippen molar-refractivity contribution in [3.63, 3.8) is 0 Å². The summed E-state index contributed by atoms with van der Waals surface area (Å²) in [6.07, 6.45) is 0. The molecular weight excluding hydrogens is 296 g/mol. The summed E-state index contributed by atoms with van der Waals surface area (Å²) in [6, 6.07) is 5.23. The second-order valence-corrected chi connectivity index (χ2v) is 7.92. The molecule has 1 aliphatic carbocycles. The van der Waals surface area contributed by atoms with E-state index in [2.05, 4.69) is 0 Å². The molecule has 1 heterocycles. The Bertz CT molecular complexity index is 649. The van der Waals surface area contributed by atoms with Crippen molar-refractivity contribution < 1.29 is 28.1 Å². The summed E-state index contributed by atoms with van der Waals surface area (Å²) in [4.78, 5) is 0. The topological polar surface area (TPSA) is 93.1 Å². The van der Waals surface area contributed by atoms with Gasteiger partial charge < -0.3 is 19.7 Å². The summed E-state index contributed by atoms with van der Waals surface area (Å²) in [5.41, 5.74) is -0.271. The Balaban J connectivity index is 2.01. The molecule has 2 N–H and O–H groups in total. The van der Waals surface area contributed by atoms with Gasteiger partial charge in [0.15, 0.2) is 21.3 Å². The van der Waals surface area contributed by atoms with Crippen molar-refractivity contribution in [2.75, 3.05) is 25.8 Å². The summed E-state index contributed by atoms with van der Waals surface area (Å²) in [7, 11) is -3.36. The summed E-state index contributed by atoms with van der Waals surface area (Å²) in [6.45, 7) is 0.980. The van der Waals surface area contributed by atoms with E-state index in [9.17, 15) is 18.6 Å². The summed E-state index contributed by atoms with van der Waals surface area (Å²) in [5, 5.41) is 18.5. The van der Waals surface area contributed by atoms with Crippen molar-refractivity contribution in [3.8, 4) is 11.5 Å². The predicted octanol–water partition coefficient (Wildman–Crippen LogP) is 0.287. The molecule has 0 unspecified atom stereocenters. The van der Waals surface area contributed by atoms with E-state index in [1.165, 1.54) is 0 Å². The van der Waals surface area contributed by atoms with Crippen LogP contribution < -0.4 is 9.47 Å². The molecule has 0 spiro atoms. The van der Waals surface area contributed by atoms with Crippen LogP contribution in [0.2, 0.25) is 0 Å². The van der Waals surface area contributed by atoms with E-state index in [-0.39, 0.29) is 25.8 Å². The molecule has 1 aliphatic heterocycles. The van der Waals surface area contributed by atoms with Gasteiger partial charge in [0.25, 0.3) is 0 Å². The molecule has 116 valence electrons. The average Bonchev–Trinajstić information content (AvgIpc) is 2.98. The molecule has 0 bridgehead atoms. The molecule has 2 aliphatic rings. The van der Waals surface area contributed by atoms with Crippen molar-refractivity contribution in [2.24, 2.45) is 5.41 Å². The van der Waals surface area contributed by atoms with Crippen molar-refractivity contribution in [1.82, 2.24) is 0 Å². The van der Waals surface area contributed by atoms with Gasteiger partial charge in [-0.05, 0) is 17.7 Å². The number of ether oxygens (including phenoxy) is 2. The third-order valence-corrected chi connectivity index (χ3v) is 6.83. The third kappa shape index (κ3) is 2.03. The first-order chi connectivity index (χ1) is 10.00. The molecule has 1 saturated carbocycles. The van der Waals surface area contributed by atoms with E-state index in [0.717, 1.165) is 5.56 Å². The van der Waals surface area contributed by atoms with Crippen molar-refractivity contribution in [3.05, 3.63) is 23.8 Å². The second kappa shape index (κ2) is 4.86. The maximum atomic E-state index is 12.2. The van der Waals surface area contributed by atoms with Crippen LogP contribution in [-0.4, -0.2) is 49.6 Å². The standard InChI is InChI=1S/C14H18O6S/c1-2-21(17,18)13-12(14(13,6-15)7-16)9-3-4-10-11(5-9)20-8-19-10/h3-5,12-13,15-16H,2,6-8H2,1H3/t12-,13-/m0/s1. The zero-order valence-electron chi connectivity index (χ0n) is 11.7. The highest BCUT2D eigenvalue weighted by Crippen LogP contribution is 2.63. The van der Waals surface area contributed by atoms with Gasteiger partial charge in [-0.2, -0.15) is 0 Å². The van der Waals surface area contributed by atoms with Gasteiger partial charge >= 0.3 is 0 Å². The molecule has 3 rings (SSSR count). The van der Waals surface area contributed by atoms with Crippen LogP contribution in [0.3, 0.4) is 0 Å². The number of rotatable bonds is 5. The smallest absolute Gasteiger partial charge is 0.231 e. The lowest BCUT2D eigenvalue weighted by Crippen LogP contribution is -2.23. The maximum Gasteiger partial charge on any atom is 0.231 e. The molecule has 1 aromatic carbocycles. The summed E-state index contributed by atoms with van der Waals surface area (Å²) in [5.74, 6) is 0.747. The number of aliphatic hydroxyl groups is 2. The number of aliphatic hydroxyl groups excluding tert-OH is 2. The highest BCUT2D eigenvalue weighted by molar-refractivity contribution is 7.92. The molecule has 1 fully saturated rings. The van der Waals surface area contributed by atoms with Crippen LogP contribution >= 0.6 is 0 Å². The number of fused-ring (bicyclic) bond motifs is 1. The van der Waals surface area contributed by atoms with Crippen molar-refractivity contribution in [1.29, 1.82) is 0 Å². The SMILES string of the molecule is CCS(=O)(=O)[C@H]1[C@H](c2ccc3c(c2)OCO3)C1(CO)CO. The normalized spacial score (nSPS) is 25.9. The molecule has 0 aromatic heterocycles. The Labute approximate surface area is 123 Å². The molecular formula is C14H18O6S. The van der Waals surface area contributed by atoms with E-state index in [0.29, 0.717) is 11.5 Å². The molecule has 0 radical (unpaired) electrons. The zero-order chi connectivity index (χ0) is 15.3. The fourth-order valence-corrected chi connectivity index (χ4v) is 5.37. The monoisotopic (exact) mass is 314 g/mol. The van der Waals surface area contributed by atoms with Crippen LogP contribution in [0.5, 0.6) is 11.5 Å². The van der Waals surface area contributed by atoms with Gasteiger partial charge in [0.2, 0.25) is 6.79 Å². The predicted molar refractivity (Wildman–Crippen MR) is 75.2 cm³/mol. The Morgan fingerprint density at radius 3 is 2.52 bits per heavy atom. The number of benzene rings is 1. The lowest BCUT2D eigenvalue weighted by molar-refractivity contribution is 0.130. The first-order valence-corrected chi connectivity index (χ1v) is 8.54. The fourth-order valence-electron chi connectivity index (χ4n) is 3.24. The summed E-state index contributed by atoms with van der Waals surface area (Å²) >= 11 is 0. The van der Waals surface area contributed by atoms with Crippen molar-refractivity contribution >= 4 is 9.84 Å². The van der Waals surface area contributed by atoms with Gasteiger partial charge in [-0.25, -0.2) is 8.42 Å². The van der Waals surface area contributed by atoms with Gasteiger partial charge in [0, 0.05) is 17.1 Å². The first-order valence-electron chi connectivity index (χ1n) is 6.83. The highest BCUT2D eigenvalue weighted by atomic mass is 32.2. The first kappa shape index (κ1) is 14.6. The van der Waals surface area contributed by atoms with Crippen LogP contribution in [-0.2, 0) is 9.84 Å². The fraction of sp³-hybridized carbons (Fsp3) is 0.571. The molecule has 21 heavy (non-hydrogen) atoms. The Morgan fingerprint density at radius 2 is 1.90 bits per heavy atom. The zero-order valence-corrected chi connectivity index (χ0v) is 12.5. The molecule has 6 nitrogen and oxygen atoms in total. The lowest BCUT2D eigenvalue weighted by Gasteiger charge is -2.11. The van der Waals surface area contributed by atoms with E-state index in [4.69, 9.17) is 9.47 Å². The van der Waals surface area contributed by atoms with Gasteiger partial charge in [0.05, 0.1) is 18.5 Å². The van der Waals surface area contributed by atoms with Crippen LogP contribution in [0.1, 0.15) is 18.4 Å². The van der Waals surface area contributed by atoms with E-state index < -0.39 is 26.4 Å². The minimum atomic E-state index is -3.36. The van der Waals surface area contributed by atoms with Gasteiger partial charge in [0.1, 0.15) is 0 Å². The highest BCUT2D eigenvalue weighted by Gasteiger charge is 2.69. The number of sulfone groups is 1. The number of hydrogen-bond acceptors (Lipinski definition) is 6. The van der Waals surface area contributed by atoms with Crippen LogP contribution in [0.15, 0.2) is 18.2 Å². The molecule has 2 atom stereocenters. The minimum Gasteiger partial charge on any atom is -0.454 e. The quantitative estimate of drug-likeness (QED) is 0.811. The van der Waals surface area contributed by atoms with Gasteiger partial charge in [-0.3, -0.25) is 0 Å². The summed E-state index contributed by atoms with van der Waals surface area (Å²) < 4.78 is 35.0. The van der Waals surface area contributed by atoms with Crippen LogP contribution in [0.4, 0.5) is 0 Å². The molecule has 0 saturated heterocycles. The van der Waals surface area contributed by atoms with Gasteiger partial charge in [-0.15, -0.1) is 0 Å². The maximum absolute atomic E-state index is 12.2. The van der Waals surface area contributed by atoms with Crippen LogP contribution in [0.25, 0.3) is 0 Å². The van der Waals surface area contributed by atoms with E-state index in [1.54, 1.807) is 25.1 Å². The van der Waals surface area contributed by atoms with E-state index in [1.807, 2.05) is 0 Å². The molecule has 1 aromatic rings.